The molecule has 108 valence electrons. The molecule has 0 heterocycles. The molecule has 2 rings (SSSR count). The summed E-state index contributed by atoms with van der Waals surface area (Å²) in [5.41, 5.74) is 6.10. The van der Waals surface area contributed by atoms with E-state index in [2.05, 4.69) is 0 Å². The summed E-state index contributed by atoms with van der Waals surface area (Å²) < 4.78 is 18.2. The summed E-state index contributed by atoms with van der Waals surface area (Å²) in [6.45, 7) is -0.0370. The highest BCUT2D eigenvalue weighted by Gasteiger charge is 2.10. The molecule has 0 aliphatic carbocycles. The van der Waals surface area contributed by atoms with Gasteiger partial charge in [-0.15, -0.1) is 0 Å². The molecule has 0 radical (unpaired) electrons. The standard InChI is InChI=1S/C15H12FNO4/c16-12-7-11(5-6-13(12)17)15(20)21-8-9-1-3-10(4-2-9)14(18)19/h1-7H,8,17H2,(H,18,19). The third kappa shape index (κ3) is 3.56. The summed E-state index contributed by atoms with van der Waals surface area (Å²) in [6, 6.07) is 9.57. The molecule has 0 fully saturated rings. The van der Waals surface area contributed by atoms with Crippen LogP contribution in [-0.4, -0.2) is 17.0 Å². The maximum Gasteiger partial charge on any atom is 0.338 e. The van der Waals surface area contributed by atoms with E-state index >= 15 is 0 Å². The number of nitrogen functional groups attached to an aromatic ring is 1. The predicted molar refractivity (Wildman–Crippen MR) is 73.3 cm³/mol. The molecule has 0 aliphatic rings. The van der Waals surface area contributed by atoms with Crippen LogP contribution >= 0.6 is 0 Å². The lowest BCUT2D eigenvalue weighted by Crippen LogP contribution is -2.06. The Morgan fingerprint density at radius 1 is 1.10 bits per heavy atom. The first-order valence-corrected chi connectivity index (χ1v) is 6.02. The van der Waals surface area contributed by atoms with Gasteiger partial charge in [-0.1, -0.05) is 12.1 Å². The number of esters is 1. The van der Waals surface area contributed by atoms with E-state index < -0.39 is 17.8 Å². The second kappa shape index (κ2) is 6.04. The number of hydrogen-bond acceptors (Lipinski definition) is 4. The van der Waals surface area contributed by atoms with Crippen molar-refractivity contribution in [2.75, 3.05) is 5.73 Å². The minimum absolute atomic E-state index is 0.0370. The van der Waals surface area contributed by atoms with Gasteiger partial charge in [-0.25, -0.2) is 14.0 Å². The summed E-state index contributed by atoms with van der Waals surface area (Å²) in [7, 11) is 0. The van der Waals surface area contributed by atoms with Crippen molar-refractivity contribution in [3.8, 4) is 0 Å². The molecule has 2 aromatic rings. The van der Waals surface area contributed by atoms with Crippen LogP contribution in [0.3, 0.4) is 0 Å². The van der Waals surface area contributed by atoms with E-state index in [4.69, 9.17) is 15.6 Å². The Bertz CT molecular complexity index is 683. The van der Waals surface area contributed by atoms with Gasteiger partial charge in [0, 0.05) is 0 Å². The number of carbonyl (C=O) groups is 2. The smallest absolute Gasteiger partial charge is 0.338 e. The molecule has 0 saturated heterocycles. The van der Waals surface area contributed by atoms with E-state index in [1.165, 1.54) is 24.3 Å². The summed E-state index contributed by atoms with van der Waals surface area (Å²) in [5.74, 6) is -2.40. The third-order valence-electron chi connectivity index (χ3n) is 2.81. The van der Waals surface area contributed by atoms with Gasteiger partial charge < -0.3 is 15.6 Å². The Morgan fingerprint density at radius 2 is 1.71 bits per heavy atom. The number of carbonyl (C=O) groups excluding carboxylic acids is 1. The molecule has 6 heteroatoms. The Hall–Kier alpha value is -2.89. The fourth-order valence-electron chi connectivity index (χ4n) is 1.63. The van der Waals surface area contributed by atoms with Crippen LogP contribution < -0.4 is 5.73 Å². The van der Waals surface area contributed by atoms with Gasteiger partial charge in [-0.3, -0.25) is 0 Å². The van der Waals surface area contributed by atoms with E-state index in [0.29, 0.717) is 5.56 Å². The number of carboxylic acids is 1. The molecule has 21 heavy (non-hydrogen) atoms. The van der Waals surface area contributed by atoms with Crippen LogP contribution in [0.15, 0.2) is 42.5 Å². The lowest BCUT2D eigenvalue weighted by atomic mass is 10.1. The van der Waals surface area contributed by atoms with Gasteiger partial charge in [0.05, 0.1) is 16.8 Å². The molecule has 0 aromatic heterocycles. The van der Waals surface area contributed by atoms with Gasteiger partial charge >= 0.3 is 11.9 Å². The van der Waals surface area contributed by atoms with E-state index in [1.807, 2.05) is 0 Å². The van der Waals surface area contributed by atoms with E-state index in [9.17, 15) is 14.0 Å². The summed E-state index contributed by atoms with van der Waals surface area (Å²) in [6.07, 6.45) is 0. The van der Waals surface area contributed by atoms with Gasteiger partial charge in [0.25, 0.3) is 0 Å². The molecule has 0 bridgehead atoms. The Balaban J connectivity index is 2.00. The second-order valence-electron chi connectivity index (χ2n) is 4.31. The van der Waals surface area contributed by atoms with Gasteiger partial charge in [0.15, 0.2) is 0 Å². The van der Waals surface area contributed by atoms with Crippen LogP contribution in [0.2, 0.25) is 0 Å². The zero-order chi connectivity index (χ0) is 15.4. The molecule has 2 aromatic carbocycles. The number of anilines is 1. The lowest BCUT2D eigenvalue weighted by Gasteiger charge is -2.06. The van der Waals surface area contributed by atoms with Crippen LogP contribution in [0, 0.1) is 5.82 Å². The van der Waals surface area contributed by atoms with Gasteiger partial charge in [-0.2, -0.15) is 0 Å². The van der Waals surface area contributed by atoms with Crippen LogP contribution in [0.1, 0.15) is 26.3 Å². The largest absolute Gasteiger partial charge is 0.478 e. The molecule has 0 spiro atoms. The van der Waals surface area contributed by atoms with Gasteiger partial charge in [0.2, 0.25) is 0 Å². The summed E-state index contributed by atoms with van der Waals surface area (Å²) >= 11 is 0. The van der Waals surface area contributed by atoms with Crippen molar-refractivity contribution >= 4 is 17.6 Å². The van der Waals surface area contributed by atoms with Crippen molar-refractivity contribution in [2.45, 2.75) is 6.61 Å². The SMILES string of the molecule is Nc1ccc(C(=O)OCc2ccc(C(=O)O)cc2)cc1F. The van der Waals surface area contributed by atoms with E-state index in [0.717, 1.165) is 6.07 Å². The first-order valence-electron chi connectivity index (χ1n) is 6.02. The number of aromatic carboxylic acids is 1. The predicted octanol–water partition coefficient (Wildman–Crippen LogP) is 2.46. The molecule has 3 N–H and O–H groups in total. The van der Waals surface area contributed by atoms with Crippen molar-refractivity contribution in [1.29, 1.82) is 0 Å². The Morgan fingerprint density at radius 3 is 2.29 bits per heavy atom. The lowest BCUT2D eigenvalue weighted by molar-refractivity contribution is 0.0471. The van der Waals surface area contributed by atoms with Crippen LogP contribution in [0.4, 0.5) is 10.1 Å². The van der Waals surface area contributed by atoms with Crippen molar-refractivity contribution in [2.24, 2.45) is 0 Å². The molecule has 0 aliphatic heterocycles. The van der Waals surface area contributed by atoms with Crippen molar-refractivity contribution in [3.63, 3.8) is 0 Å². The number of hydrogen-bond donors (Lipinski definition) is 2. The first-order chi connectivity index (χ1) is 9.97. The fraction of sp³-hybridized carbons (Fsp3) is 0.0667. The molecular formula is C15H12FNO4. The average molecular weight is 289 g/mol. The number of benzene rings is 2. The molecule has 0 amide bonds. The number of ether oxygens (including phenoxy) is 1. The van der Waals surface area contributed by atoms with Crippen molar-refractivity contribution in [1.82, 2.24) is 0 Å². The molecule has 0 atom stereocenters. The second-order valence-corrected chi connectivity index (χ2v) is 4.31. The van der Waals surface area contributed by atoms with Crippen molar-refractivity contribution < 1.29 is 23.8 Å². The van der Waals surface area contributed by atoms with Crippen molar-refractivity contribution in [3.05, 3.63) is 65.0 Å². The van der Waals surface area contributed by atoms with Gasteiger partial charge in [-0.05, 0) is 35.9 Å². The molecular weight excluding hydrogens is 277 g/mol. The minimum atomic E-state index is -1.03. The van der Waals surface area contributed by atoms with Gasteiger partial charge in [0.1, 0.15) is 12.4 Å². The number of rotatable bonds is 4. The highest BCUT2D eigenvalue weighted by molar-refractivity contribution is 5.90. The number of nitrogens with two attached hydrogens (primary N) is 1. The number of halogens is 1. The van der Waals surface area contributed by atoms with Crippen LogP contribution in [0.5, 0.6) is 0 Å². The molecule has 0 saturated carbocycles. The maximum absolute atomic E-state index is 13.2. The third-order valence-corrected chi connectivity index (χ3v) is 2.81. The van der Waals surface area contributed by atoms with Crippen LogP contribution in [-0.2, 0) is 11.3 Å². The summed E-state index contributed by atoms with van der Waals surface area (Å²) in [5, 5.41) is 8.76. The van der Waals surface area contributed by atoms with E-state index in [-0.39, 0.29) is 23.4 Å². The Kier molecular flexibility index (Phi) is 4.18. The highest BCUT2D eigenvalue weighted by atomic mass is 19.1. The quantitative estimate of drug-likeness (QED) is 0.666. The minimum Gasteiger partial charge on any atom is -0.478 e. The summed E-state index contributed by atoms with van der Waals surface area (Å²) in [4.78, 5) is 22.4. The molecule has 0 unspecified atom stereocenters. The Labute approximate surface area is 119 Å². The fourth-order valence-corrected chi connectivity index (χ4v) is 1.63. The topological polar surface area (TPSA) is 89.6 Å². The molecule has 5 nitrogen and oxygen atoms in total. The zero-order valence-electron chi connectivity index (χ0n) is 10.9. The monoisotopic (exact) mass is 289 g/mol. The van der Waals surface area contributed by atoms with Crippen LogP contribution in [0.25, 0.3) is 0 Å². The zero-order valence-corrected chi connectivity index (χ0v) is 10.9. The first kappa shape index (κ1) is 14.5. The number of carboxylic acid groups (broad SMARTS) is 1. The van der Waals surface area contributed by atoms with E-state index in [1.54, 1.807) is 12.1 Å². The average Bonchev–Trinajstić information content (AvgIpc) is 2.48. The highest BCUT2D eigenvalue weighted by Crippen LogP contribution is 2.14. The normalized spacial score (nSPS) is 10.1. The maximum atomic E-state index is 13.2.